The molecule has 5 rings (SSSR count). The number of pyridine rings is 1. The van der Waals surface area contributed by atoms with Crippen LogP contribution in [0, 0.1) is 0 Å². The molecule has 35 heavy (non-hydrogen) atoms. The number of ether oxygens (including phenoxy) is 1. The van der Waals surface area contributed by atoms with Crippen LogP contribution in [0.5, 0.6) is 0 Å². The number of rotatable bonds is 9. The van der Waals surface area contributed by atoms with Crippen LogP contribution in [0.25, 0.3) is 33.6 Å². The Morgan fingerprint density at radius 1 is 0.886 bits per heavy atom. The Morgan fingerprint density at radius 3 is 2.54 bits per heavy atom. The molecule has 0 fully saturated rings. The van der Waals surface area contributed by atoms with E-state index in [4.69, 9.17) is 14.8 Å². The maximum Gasteiger partial charge on any atom is 0.133 e. The van der Waals surface area contributed by atoms with Gasteiger partial charge >= 0.3 is 0 Å². The Bertz CT molecular complexity index is 1390. The Morgan fingerprint density at radius 2 is 1.77 bits per heavy atom. The van der Waals surface area contributed by atoms with E-state index >= 15 is 0 Å². The van der Waals surface area contributed by atoms with Crippen molar-refractivity contribution in [2.45, 2.75) is 26.4 Å². The van der Waals surface area contributed by atoms with Crippen LogP contribution in [0.4, 0.5) is 0 Å². The molecule has 0 N–H and O–H groups in total. The summed E-state index contributed by atoms with van der Waals surface area (Å²) in [5, 5.41) is 9.15. The molecular weight excluding hydrogens is 438 g/mol. The molecule has 0 saturated carbocycles. The third-order valence-corrected chi connectivity index (χ3v) is 5.81. The topological polar surface area (TPSA) is 83.5 Å². The molecule has 0 aliphatic carbocycles. The van der Waals surface area contributed by atoms with Gasteiger partial charge in [-0.3, -0.25) is 14.3 Å². The highest BCUT2D eigenvalue weighted by molar-refractivity contribution is 5.78. The minimum Gasteiger partial charge on any atom is -0.383 e. The summed E-state index contributed by atoms with van der Waals surface area (Å²) in [5.74, 6) is 0.768. The first-order chi connectivity index (χ1) is 17.2. The van der Waals surface area contributed by atoms with E-state index in [-0.39, 0.29) is 0 Å². The van der Waals surface area contributed by atoms with Gasteiger partial charge in [0.15, 0.2) is 0 Å². The van der Waals surface area contributed by atoms with Gasteiger partial charge in [0, 0.05) is 67.7 Å². The highest BCUT2D eigenvalue weighted by Gasteiger charge is 2.15. The van der Waals surface area contributed by atoms with Crippen molar-refractivity contribution in [3.05, 3.63) is 91.0 Å². The average Bonchev–Trinajstić information content (AvgIpc) is 3.56. The predicted molar refractivity (Wildman–Crippen MR) is 135 cm³/mol. The second-order valence-electron chi connectivity index (χ2n) is 8.21. The highest BCUT2D eigenvalue weighted by atomic mass is 16.5. The van der Waals surface area contributed by atoms with Gasteiger partial charge < -0.3 is 4.74 Å². The maximum absolute atomic E-state index is 5.13. The number of methoxy groups -OCH3 is 1. The van der Waals surface area contributed by atoms with Gasteiger partial charge in [0.25, 0.3) is 0 Å². The molecule has 4 aromatic heterocycles. The van der Waals surface area contributed by atoms with E-state index in [9.17, 15) is 0 Å². The van der Waals surface area contributed by atoms with Crippen LogP contribution in [0.2, 0.25) is 0 Å². The van der Waals surface area contributed by atoms with Crippen molar-refractivity contribution < 1.29 is 4.74 Å². The van der Waals surface area contributed by atoms with Crippen LogP contribution in [0.1, 0.15) is 18.3 Å². The monoisotopic (exact) mass is 465 g/mol. The zero-order chi connectivity index (χ0) is 24.0. The molecule has 0 amide bonds. The number of hydrogen-bond acceptors (Lipinski definition) is 6. The lowest BCUT2D eigenvalue weighted by Gasteiger charge is -2.06. The summed E-state index contributed by atoms with van der Waals surface area (Å²) in [6.07, 6.45) is 12.0. The van der Waals surface area contributed by atoms with Gasteiger partial charge in [-0.2, -0.15) is 10.2 Å². The lowest BCUT2D eigenvalue weighted by molar-refractivity contribution is 0.183. The number of hydrogen-bond donors (Lipinski definition) is 0. The summed E-state index contributed by atoms with van der Waals surface area (Å²) >= 11 is 0. The van der Waals surface area contributed by atoms with Crippen LogP contribution in [-0.2, 0) is 24.2 Å². The van der Waals surface area contributed by atoms with E-state index in [2.05, 4.69) is 46.3 Å². The molecule has 0 unspecified atom stereocenters. The van der Waals surface area contributed by atoms with Gasteiger partial charge in [0.2, 0.25) is 0 Å². The van der Waals surface area contributed by atoms with E-state index < -0.39 is 0 Å². The normalized spacial score (nSPS) is 11.1. The summed E-state index contributed by atoms with van der Waals surface area (Å²) in [7, 11) is 1.69. The third kappa shape index (κ3) is 5.17. The molecule has 5 aromatic rings. The Kier molecular flexibility index (Phi) is 6.72. The molecule has 4 heterocycles. The molecule has 0 bridgehead atoms. The van der Waals surface area contributed by atoms with Crippen LogP contribution >= 0.6 is 0 Å². The zero-order valence-electron chi connectivity index (χ0n) is 19.9. The summed E-state index contributed by atoms with van der Waals surface area (Å²) in [5.41, 5.74) is 7.03. The Hall–Kier alpha value is -4.17. The van der Waals surface area contributed by atoms with E-state index in [1.54, 1.807) is 13.3 Å². The first kappa shape index (κ1) is 22.6. The summed E-state index contributed by atoms with van der Waals surface area (Å²) in [4.78, 5) is 13.7. The first-order valence-electron chi connectivity index (χ1n) is 11.6. The molecule has 0 spiro atoms. The number of benzene rings is 1. The molecule has 0 radical (unpaired) electrons. The lowest BCUT2D eigenvalue weighted by Crippen LogP contribution is -2.03. The Balaban J connectivity index is 1.36. The van der Waals surface area contributed by atoms with Crippen molar-refractivity contribution in [1.29, 1.82) is 0 Å². The molecule has 1 aromatic carbocycles. The Labute approximate surface area is 204 Å². The van der Waals surface area contributed by atoms with Gasteiger partial charge in [-0.15, -0.1) is 0 Å². The fourth-order valence-electron chi connectivity index (χ4n) is 3.94. The van der Waals surface area contributed by atoms with Gasteiger partial charge in [-0.25, -0.2) is 9.97 Å². The third-order valence-electron chi connectivity index (χ3n) is 5.81. The molecule has 176 valence electrons. The van der Waals surface area contributed by atoms with Crippen LogP contribution in [0.3, 0.4) is 0 Å². The molecule has 8 nitrogen and oxygen atoms in total. The average molecular weight is 466 g/mol. The molecule has 0 aliphatic heterocycles. The van der Waals surface area contributed by atoms with Crippen molar-refractivity contribution in [3.8, 4) is 33.6 Å². The van der Waals surface area contributed by atoms with Crippen LogP contribution < -0.4 is 0 Å². The van der Waals surface area contributed by atoms with Gasteiger partial charge in [-0.1, -0.05) is 24.3 Å². The molecule has 0 saturated heterocycles. The van der Waals surface area contributed by atoms with Gasteiger partial charge in [-0.05, 0) is 36.2 Å². The van der Waals surface area contributed by atoms with Crippen molar-refractivity contribution in [2.75, 3.05) is 13.7 Å². The lowest BCUT2D eigenvalue weighted by atomic mass is 10.0. The smallest absolute Gasteiger partial charge is 0.133 e. The second-order valence-corrected chi connectivity index (χ2v) is 8.21. The summed E-state index contributed by atoms with van der Waals surface area (Å²) in [6, 6.07) is 14.3. The molecule has 8 heteroatoms. The summed E-state index contributed by atoms with van der Waals surface area (Å²) in [6.45, 7) is 4.23. The standard InChI is InChI=1S/C27H27N7O/c1-3-33-19-24(27(32-33)22-5-4-11-28-16-22)25-10-12-29-26(31-25)15-20-6-8-21(9-7-20)23-17-30-34(18-23)13-14-35-2/h4-12,16-19H,3,13-15H2,1-2H3. The number of aryl methyl sites for hydroxylation is 1. The maximum atomic E-state index is 5.13. The number of aromatic nitrogens is 7. The van der Waals surface area contributed by atoms with Crippen molar-refractivity contribution in [1.82, 2.24) is 34.5 Å². The van der Waals surface area contributed by atoms with Gasteiger partial charge in [0.05, 0.1) is 25.0 Å². The first-order valence-corrected chi connectivity index (χ1v) is 11.6. The van der Waals surface area contributed by atoms with Crippen molar-refractivity contribution >= 4 is 0 Å². The molecular formula is C27H27N7O. The van der Waals surface area contributed by atoms with Gasteiger partial charge in [0.1, 0.15) is 11.5 Å². The summed E-state index contributed by atoms with van der Waals surface area (Å²) < 4.78 is 8.95. The minimum atomic E-state index is 0.641. The van der Waals surface area contributed by atoms with E-state index in [1.807, 2.05) is 58.5 Å². The zero-order valence-corrected chi connectivity index (χ0v) is 19.9. The second kappa shape index (κ2) is 10.4. The fourth-order valence-corrected chi connectivity index (χ4v) is 3.94. The van der Waals surface area contributed by atoms with Crippen molar-refractivity contribution in [3.63, 3.8) is 0 Å². The number of nitrogens with zero attached hydrogens (tertiary/aromatic N) is 7. The van der Waals surface area contributed by atoms with Crippen molar-refractivity contribution in [2.24, 2.45) is 0 Å². The quantitative estimate of drug-likeness (QED) is 0.318. The van der Waals surface area contributed by atoms with E-state index in [0.29, 0.717) is 13.0 Å². The van der Waals surface area contributed by atoms with E-state index in [0.717, 1.165) is 58.1 Å². The SMILES string of the molecule is CCn1cc(-c2ccnc(Cc3ccc(-c4cnn(CCOC)c4)cc3)n2)c(-c2cccnc2)n1. The highest BCUT2D eigenvalue weighted by Crippen LogP contribution is 2.29. The largest absolute Gasteiger partial charge is 0.383 e. The molecule has 0 aliphatic rings. The van der Waals surface area contributed by atoms with Crippen LogP contribution in [0.15, 0.2) is 79.6 Å². The predicted octanol–water partition coefficient (Wildman–Crippen LogP) is 4.52. The minimum absolute atomic E-state index is 0.641. The fraction of sp³-hybridized carbons (Fsp3) is 0.222. The van der Waals surface area contributed by atoms with Crippen LogP contribution in [-0.4, -0.2) is 48.2 Å². The van der Waals surface area contributed by atoms with E-state index in [1.165, 1.54) is 0 Å². The molecule has 0 atom stereocenters.